The third-order valence-corrected chi connectivity index (χ3v) is 1.13. The minimum atomic E-state index is -2.19. The number of carboxylic acid groups (broad SMARTS) is 2. The molecule has 0 atom stereocenters. The van der Waals surface area contributed by atoms with Gasteiger partial charge in [0.2, 0.25) is 0 Å². The Hall–Kier alpha value is -1.92. The summed E-state index contributed by atoms with van der Waals surface area (Å²) >= 11 is 0. The van der Waals surface area contributed by atoms with Crippen molar-refractivity contribution < 1.29 is 28.6 Å². The van der Waals surface area contributed by atoms with Gasteiger partial charge in [-0.2, -0.15) is 0 Å². The molecule has 0 aromatic heterocycles. The third kappa shape index (κ3) is 5.40. The SMILES string of the molecule is O=C([O-])C(=O)[O-].[B+2]c1ccc(F)cc1F. The maximum atomic E-state index is 12.2. The van der Waals surface area contributed by atoms with E-state index in [0.29, 0.717) is 0 Å². The summed E-state index contributed by atoms with van der Waals surface area (Å²) in [4.78, 5) is 17.9. The van der Waals surface area contributed by atoms with Crippen LogP contribution in [0, 0.1) is 11.6 Å². The van der Waals surface area contributed by atoms with Crippen molar-refractivity contribution in [1.29, 1.82) is 0 Å². The Labute approximate surface area is 84.6 Å². The number of carboxylic acids is 2. The Morgan fingerprint density at radius 2 is 1.60 bits per heavy atom. The first kappa shape index (κ1) is 13.1. The fourth-order valence-corrected chi connectivity index (χ4v) is 0.502. The Morgan fingerprint density at radius 3 is 1.87 bits per heavy atom. The summed E-state index contributed by atoms with van der Waals surface area (Å²) in [5.74, 6) is -5.69. The summed E-state index contributed by atoms with van der Waals surface area (Å²) in [6.45, 7) is 0. The number of carbonyl (C=O) groups excluding carboxylic acids is 2. The summed E-state index contributed by atoms with van der Waals surface area (Å²) in [5, 5.41) is 17.9. The second kappa shape index (κ2) is 5.74. The van der Waals surface area contributed by atoms with Crippen molar-refractivity contribution in [3.8, 4) is 0 Å². The number of aliphatic carboxylic acids is 2. The van der Waals surface area contributed by atoms with Gasteiger partial charge in [-0.1, -0.05) is 0 Å². The van der Waals surface area contributed by atoms with Crippen LogP contribution in [0.1, 0.15) is 0 Å². The minimum absolute atomic E-state index is 0.0311. The van der Waals surface area contributed by atoms with Crippen LogP contribution in [-0.4, -0.2) is 19.8 Å². The van der Waals surface area contributed by atoms with Crippen molar-refractivity contribution in [2.75, 3.05) is 0 Å². The van der Waals surface area contributed by atoms with E-state index in [-0.39, 0.29) is 5.46 Å². The standard InChI is InChI=1S/C6H3BF2.C2H2O4/c7-5-2-1-4(8)3-6(5)9;3-1(4)2(5)6/h1-3H;(H,3,4)(H,5,6)/q+2;/p-2. The molecule has 0 N–H and O–H groups in total. The zero-order chi connectivity index (χ0) is 12.0. The van der Waals surface area contributed by atoms with Crippen molar-refractivity contribution in [1.82, 2.24) is 0 Å². The molecule has 1 aromatic carbocycles. The topological polar surface area (TPSA) is 80.3 Å². The molecular formula is C8H3BF2O4. The summed E-state index contributed by atoms with van der Waals surface area (Å²) < 4.78 is 24.3. The monoisotopic (exact) mass is 212 g/mol. The molecule has 76 valence electrons. The first-order valence-corrected chi connectivity index (χ1v) is 3.47. The van der Waals surface area contributed by atoms with Gasteiger partial charge in [-0.25, -0.2) is 0 Å². The molecule has 0 radical (unpaired) electrons. The van der Waals surface area contributed by atoms with E-state index < -0.39 is 23.6 Å². The van der Waals surface area contributed by atoms with Crippen LogP contribution in [0.5, 0.6) is 0 Å². The fraction of sp³-hybridized carbons (Fsp3) is 0. The summed E-state index contributed by atoms with van der Waals surface area (Å²) in [6, 6.07) is 3.04. The molecule has 0 heterocycles. The first-order chi connectivity index (χ1) is 6.84. The van der Waals surface area contributed by atoms with Gasteiger partial charge < -0.3 is 19.8 Å². The zero-order valence-corrected chi connectivity index (χ0v) is 7.20. The average Bonchev–Trinajstić information content (AvgIpc) is 2.13. The Bertz CT molecular complexity index is 369. The van der Waals surface area contributed by atoms with E-state index >= 15 is 0 Å². The molecule has 0 saturated heterocycles. The number of halogens is 2. The number of hydrogen-bond acceptors (Lipinski definition) is 4. The van der Waals surface area contributed by atoms with Gasteiger partial charge in [0.1, 0.15) is 0 Å². The summed E-state index contributed by atoms with van der Waals surface area (Å²) in [5.41, 5.74) is -0.0311. The molecule has 4 nitrogen and oxygen atoms in total. The molecule has 1 rings (SSSR count). The Morgan fingerprint density at radius 1 is 1.13 bits per heavy atom. The molecule has 0 bridgehead atoms. The van der Waals surface area contributed by atoms with Crippen LogP contribution in [0.15, 0.2) is 18.2 Å². The quantitative estimate of drug-likeness (QED) is 0.344. The van der Waals surface area contributed by atoms with Crippen LogP contribution in [0.4, 0.5) is 8.78 Å². The van der Waals surface area contributed by atoms with Gasteiger partial charge in [-0.3, -0.25) is 0 Å². The molecule has 1 aromatic rings. The van der Waals surface area contributed by atoms with Crippen molar-refractivity contribution in [3.05, 3.63) is 29.8 Å². The molecule has 0 aliphatic carbocycles. The van der Waals surface area contributed by atoms with Gasteiger partial charge in [-0.15, -0.1) is 0 Å². The molecule has 0 aliphatic heterocycles. The average molecular weight is 212 g/mol. The third-order valence-electron chi connectivity index (χ3n) is 1.13. The molecule has 0 spiro atoms. The predicted molar refractivity (Wildman–Crippen MR) is 41.8 cm³/mol. The number of hydrogen-bond donors (Lipinski definition) is 0. The van der Waals surface area contributed by atoms with Crippen LogP contribution in [0.25, 0.3) is 0 Å². The molecule has 0 unspecified atom stereocenters. The first-order valence-electron chi connectivity index (χ1n) is 3.47. The van der Waals surface area contributed by atoms with Gasteiger partial charge in [0.05, 0.1) is 11.9 Å². The van der Waals surface area contributed by atoms with Gasteiger partial charge >= 0.3 is 51.9 Å². The van der Waals surface area contributed by atoms with E-state index in [1.807, 2.05) is 0 Å². The van der Waals surface area contributed by atoms with Crippen LogP contribution < -0.4 is 15.7 Å². The second-order valence-corrected chi connectivity index (χ2v) is 2.24. The van der Waals surface area contributed by atoms with Gasteiger partial charge in [0.25, 0.3) is 0 Å². The summed E-state index contributed by atoms with van der Waals surface area (Å²) in [6.07, 6.45) is 0. The van der Waals surface area contributed by atoms with Crippen molar-refractivity contribution in [3.63, 3.8) is 0 Å². The van der Waals surface area contributed by atoms with Gasteiger partial charge in [0.15, 0.2) is 0 Å². The van der Waals surface area contributed by atoms with Crippen LogP contribution >= 0.6 is 0 Å². The molecule has 0 amide bonds. The predicted octanol–water partition coefficient (Wildman–Crippen LogP) is -2.76. The van der Waals surface area contributed by atoms with Gasteiger partial charge in [-0.05, 0) is 0 Å². The second-order valence-electron chi connectivity index (χ2n) is 2.24. The molecule has 7 heteroatoms. The molecular weight excluding hydrogens is 209 g/mol. The number of carbonyl (C=O) groups is 2. The summed E-state index contributed by atoms with van der Waals surface area (Å²) in [7, 11) is 5.05. The van der Waals surface area contributed by atoms with E-state index in [1.165, 1.54) is 6.07 Å². The van der Waals surface area contributed by atoms with Crippen molar-refractivity contribution in [2.45, 2.75) is 0 Å². The Balaban J connectivity index is 0.000000288. The Kier molecular flexibility index (Phi) is 5.01. The molecule has 0 fully saturated rings. The van der Waals surface area contributed by atoms with E-state index in [4.69, 9.17) is 27.6 Å². The molecule has 0 aliphatic rings. The number of benzene rings is 1. The van der Waals surface area contributed by atoms with Crippen molar-refractivity contribution in [2.24, 2.45) is 0 Å². The van der Waals surface area contributed by atoms with E-state index in [0.717, 1.165) is 12.1 Å². The molecule has 15 heavy (non-hydrogen) atoms. The zero-order valence-electron chi connectivity index (χ0n) is 7.20. The van der Waals surface area contributed by atoms with Crippen molar-refractivity contribution >= 4 is 25.2 Å². The van der Waals surface area contributed by atoms with Crippen LogP contribution in [0.3, 0.4) is 0 Å². The van der Waals surface area contributed by atoms with E-state index in [1.54, 1.807) is 0 Å². The normalized spacial score (nSPS) is 8.80. The van der Waals surface area contributed by atoms with E-state index in [2.05, 4.69) is 0 Å². The van der Waals surface area contributed by atoms with Gasteiger partial charge in [0, 0.05) is 0 Å². The fourth-order valence-electron chi connectivity index (χ4n) is 0.502. The van der Waals surface area contributed by atoms with E-state index in [9.17, 15) is 8.78 Å². The number of rotatable bonds is 0. The van der Waals surface area contributed by atoms with Crippen LogP contribution in [-0.2, 0) is 9.59 Å². The van der Waals surface area contributed by atoms with Crippen LogP contribution in [0.2, 0.25) is 0 Å². The maximum absolute atomic E-state index is 12.2. The molecule has 0 saturated carbocycles.